The third-order valence-corrected chi connectivity index (χ3v) is 3.63. The third-order valence-electron chi connectivity index (χ3n) is 3.63. The summed E-state index contributed by atoms with van der Waals surface area (Å²) in [6.45, 7) is 3.99. The molecule has 2 rings (SSSR count). The van der Waals surface area contributed by atoms with E-state index >= 15 is 0 Å². The maximum Gasteiger partial charge on any atom is 0.285 e. The van der Waals surface area contributed by atoms with E-state index in [1.165, 1.54) is 19.1 Å². The summed E-state index contributed by atoms with van der Waals surface area (Å²) >= 11 is 0. The predicted octanol–water partition coefficient (Wildman–Crippen LogP) is 1.71. The molecule has 0 saturated heterocycles. The van der Waals surface area contributed by atoms with Crippen LogP contribution in [0.25, 0.3) is 0 Å². The summed E-state index contributed by atoms with van der Waals surface area (Å²) in [5, 5.41) is 15.5. The SMILES string of the molecule is CC(=O)Nc1ccc(C(=O)Cn2nc(C)c(C)c(C#N)c2=O)c(F)c1. The van der Waals surface area contributed by atoms with Gasteiger partial charge in [0, 0.05) is 12.6 Å². The first kappa shape index (κ1) is 18.0. The molecule has 0 saturated carbocycles. The second-order valence-electron chi connectivity index (χ2n) is 5.46. The van der Waals surface area contributed by atoms with Crippen molar-refractivity contribution in [2.45, 2.75) is 27.3 Å². The predicted molar refractivity (Wildman–Crippen MR) is 87.7 cm³/mol. The van der Waals surface area contributed by atoms with Crippen molar-refractivity contribution in [1.29, 1.82) is 5.26 Å². The van der Waals surface area contributed by atoms with E-state index in [9.17, 15) is 18.8 Å². The molecular formula is C17H15FN4O3. The number of benzene rings is 1. The van der Waals surface area contributed by atoms with Crippen LogP contribution in [-0.4, -0.2) is 21.5 Å². The molecule has 0 atom stereocenters. The number of carbonyl (C=O) groups is 2. The summed E-state index contributed by atoms with van der Waals surface area (Å²) in [6, 6.07) is 5.42. The topological polar surface area (TPSA) is 105 Å². The van der Waals surface area contributed by atoms with Crippen LogP contribution >= 0.6 is 0 Å². The Morgan fingerprint density at radius 1 is 1.36 bits per heavy atom. The van der Waals surface area contributed by atoms with E-state index in [4.69, 9.17) is 5.26 Å². The average Bonchev–Trinajstić information content (AvgIpc) is 2.52. The minimum absolute atomic E-state index is 0.0956. The average molecular weight is 342 g/mol. The van der Waals surface area contributed by atoms with Gasteiger partial charge in [0.15, 0.2) is 5.78 Å². The van der Waals surface area contributed by atoms with Crippen LogP contribution in [0.4, 0.5) is 10.1 Å². The zero-order valence-corrected chi connectivity index (χ0v) is 13.9. The molecule has 128 valence electrons. The minimum Gasteiger partial charge on any atom is -0.326 e. The minimum atomic E-state index is -0.825. The summed E-state index contributed by atoms with van der Waals surface area (Å²) in [6.07, 6.45) is 0. The number of aromatic nitrogens is 2. The number of ketones is 1. The van der Waals surface area contributed by atoms with Gasteiger partial charge >= 0.3 is 0 Å². The van der Waals surface area contributed by atoms with Crippen molar-refractivity contribution in [3.8, 4) is 6.07 Å². The van der Waals surface area contributed by atoms with E-state index in [1.54, 1.807) is 19.9 Å². The van der Waals surface area contributed by atoms with Crippen molar-refractivity contribution in [3.05, 3.63) is 56.8 Å². The Morgan fingerprint density at radius 3 is 2.60 bits per heavy atom. The van der Waals surface area contributed by atoms with Crippen molar-refractivity contribution in [2.24, 2.45) is 0 Å². The lowest BCUT2D eigenvalue weighted by Crippen LogP contribution is -2.30. The zero-order valence-electron chi connectivity index (χ0n) is 13.9. The van der Waals surface area contributed by atoms with Gasteiger partial charge in [-0.05, 0) is 37.6 Å². The molecule has 1 aromatic heterocycles. The molecule has 2 aromatic rings. The molecule has 8 heteroatoms. The first-order valence-corrected chi connectivity index (χ1v) is 7.33. The quantitative estimate of drug-likeness (QED) is 0.852. The number of nitrogens with one attached hydrogen (secondary N) is 1. The molecule has 0 bridgehead atoms. The Kier molecular flexibility index (Phi) is 5.08. The van der Waals surface area contributed by atoms with Gasteiger partial charge < -0.3 is 5.32 Å². The fraction of sp³-hybridized carbons (Fsp3) is 0.235. The molecule has 7 nitrogen and oxygen atoms in total. The van der Waals surface area contributed by atoms with Crippen molar-refractivity contribution < 1.29 is 14.0 Å². The normalized spacial score (nSPS) is 10.2. The molecule has 0 aliphatic heterocycles. The Bertz CT molecular complexity index is 973. The van der Waals surface area contributed by atoms with Gasteiger partial charge in [0.05, 0.1) is 11.3 Å². The van der Waals surface area contributed by atoms with Gasteiger partial charge in [0.2, 0.25) is 5.91 Å². The van der Waals surface area contributed by atoms with Gasteiger partial charge in [-0.1, -0.05) is 0 Å². The van der Waals surface area contributed by atoms with Crippen molar-refractivity contribution in [3.63, 3.8) is 0 Å². The van der Waals surface area contributed by atoms with Gasteiger partial charge in [0.25, 0.3) is 5.56 Å². The molecule has 0 radical (unpaired) electrons. The molecule has 0 aliphatic carbocycles. The Morgan fingerprint density at radius 2 is 2.04 bits per heavy atom. The molecule has 1 heterocycles. The monoisotopic (exact) mass is 342 g/mol. The van der Waals surface area contributed by atoms with Gasteiger partial charge in [-0.25, -0.2) is 9.07 Å². The zero-order chi connectivity index (χ0) is 18.7. The molecule has 25 heavy (non-hydrogen) atoms. The lowest BCUT2D eigenvalue weighted by atomic mass is 10.1. The maximum absolute atomic E-state index is 14.1. The first-order chi connectivity index (χ1) is 11.7. The number of carbonyl (C=O) groups excluding carboxylic acids is 2. The van der Waals surface area contributed by atoms with E-state index in [1.807, 2.05) is 0 Å². The molecule has 0 aliphatic rings. The molecule has 0 spiro atoms. The first-order valence-electron chi connectivity index (χ1n) is 7.33. The van der Waals surface area contributed by atoms with Crippen LogP contribution in [0.15, 0.2) is 23.0 Å². The van der Waals surface area contributed by atoms with Crippen LogP contribution in [-0.2, 0) is 11.3 Å². The molecule has 1 aromatic carbocycles. The summed E-state index contributed by atoms with van der Waals surface area (Å²) in [4.78, 5) is 35.5. The molecule has 1 amide bonds. The number of hydrogen-bond donors (Lipinski definition) is 1. The number of halogens is 1. The Balaban J connectivity index is 2.35. The third kappa shape index (κ3) is 3.77. The number of amides is 1. The lowest BCUT2D eigenvalue weighted by Gasteiger charge is -2.09. The van der Waals surface area contributed by atoms with Gasteiger partial charge in [-0.2, -0.15) is 10.4 Å². The number of anilines is 1. The highest BCUT2D eigenvalue weighted by Crippen LogP contribution is 2.16. The summed E-state index contributed by atoms with van der Waals surface area (Å²) in [7, 11) is 0. The van der Waals surface area contributed by atoms with Crippen molar-refractivity contribution >= 4 is 17.4 Å². The summed E-state index contributed by atoms with van der Waals surface area (Å²) in [5.74, 6) is -1.87. The highest BCUT2D eigenvalue weighted by molar-refractivity contribution is 5.97. The Hall–Kier alpha value is -3.34. The number of rotatable bonds is 4. The number of Topliss-reactive ketones (excluding diaryl/α,β-unsaturated/α-hetero) is 1. The molecule has 0 unspecified atom stereocenters. The standard InChI is InChI=1S/C17H15FN4O3/c1-9-10(2)21-22(17(25)14(9)7-19)8-16(24)13-5-4-12(6-15(13)18)20-11(3)23/h4-6H,8H2,1-3H3,(H,20,23). The van der Waals surface area contributed by atoms with E-state index in [-0.39, 0.29) is 22.7 Å². The number of nitriles is 1. The van der Waals surface area contributed by atoms with Crippen molar-refractivity contribution in [2.75, 3.05) is 5.32 Å². The smallest absolute Gasteiger partial charge is 0.285 e. The van der Waals surface area contributed by atoms with E-state index in [2.05, 4.69) is 10.4 Å². The summed E-state index contributed by atoms with van der Waals surface area (Å²) in [5.41, 5.74) is 0.0674. The molecular weight excluding hydrogens is 327 g/mol. The van der Waals surface area contributed by atoms with E-state index < -0.39 is 23.7 Å². The second-order valence-corrected chi connectivity index (χ2v) is 5.46. The van der Waals surface area contributed by atoms with Gasteiger partial charge in [0.1, 0.15) is 24.0 Å². The van der Waals surface area contributed by atoms with Crippen LogP contribution in [0.1, 0.15) is 34.1 Å². The fourth-order valence-electron chi connectivity index (χ4n) is 2.25. The fourth-order valence-corrected chi connectivity index (χ4v) is 2.25. The molecule has 1 N–H and O–H groups in total. The Labute approximate surface area is 142 Å². The highest BCUT2D eigenvalue weighted by Gasteiger charge is 2.17. The number of aryl methyl sites for hydroxylation is 1. The second kappa shape index (κ2) is 7.05. The number of hydrogen-bond acceptors (Lipinski definition) is 5. The largest absolute Gasteiger partial charge is 0.326 e. The van der Waals surface area contributed by atoms with Crippen LogP contribution in [0.5, 0.6) is 0 Å². The van der Waals surface area contributed by atoms with Crippen LogP contribution in [0.2, 0.25) is 0 Å². The maximum atomic E-state index is 14.1. The molecule has 0 fully saturated rings. The highest BCUT2D eigenvalue weighted by atomic mass is 19.1. The number of nitrogens with zero attached hydrogens (tertiary/aromatic N) is 3. The lowest BCUT2D eigenvalue weighted by molar-refractivity contribution is -0.114. The van der Waals surface area contributed by atoms with E-state index in [0.717, 1.165) is 10.7 Å². The van der Waals surface area contributed by atoms with Crippen LogP contribution in [0, 0.1) is 31.0 Å². The van der Waals surface area contributed by atoms with Crippen LogP contribution < -0.4 is 10.9 Å². The van der Waals surface area contributed by atoms with Crippen molar-refractivity contribution in [1.82, 2.24) is 9.78 Å². The van der Waals surface area contributed by atoms with E-state index in [0.29, 0.717) is 11.3 Å². The van der Waals surface area contributed by atoms with Crippen LogP contribution in [0.3, 0.4) is 0 Å². The van der Waals surface area contributed by atoms with Gasteiger partial charge in [-0.3, -0.25) is 14.4 Å². The van der Waals surface area contributed by atoms with Gasteiger partial charge in [-0.15, -0.1) is 0 Å². The summed E-state index contributed by atoms with van der Waals surface area (Å²) < 4.78 is 15.0.